The predicted octanol–water partition coefficient (Wildman–Crippen LogP) is 1.16. The minimum absolute atomic E-state index is 0.114. The summed E-state index contributed by atoms with van der Waals surface area (Å²) in [6.45, 7) is 1.83. The normalized spacial score (nSPS) is 10.3. The fourth-order valence-corrected chi connectivity index (χ4v) is 1.75. The zero-order valence-corrected chi connectivity index (χ0v) is 12.0. The quantitative estimate of drug-likeness (QED) is 0.809. The second kappa shape index (κ2) is 7.30. The Hall–Kier alpha value is -2.77. The first-order chi connectivity index (χ1) is 10.6. The van der Waals surface area contributed by atoms with Crippen molar-refractivity contribution in [2.75, 3.05) is 11.9 Å². The van der Waals surface area contributed by atoms with Gasteiger partial charge in [0.25, 0.3) is 0 Å². The molecule has 0 fully saturated rings. The van der Waals surface area contributed by atoms with Crippen LogP contribution in [0.5, 0.6) is 0 Å². The van der Waals surface area contributed by atoms with E-state index in [1.54, 1.807) is 19.1 Å². The summed E-state index contributed by atoms with van der Waals surface area (Å²) in [4.78, 5) is 24.2. The number of hydrogen-bond acceptors (Lipinski definition) is 5. The van der Waals surface area contributed by atoms with Crippen LogP contribution in [0, 0.1) is 5.82 Å². The van der Waals surface area contributed by atoms with Crippen LogP contribution in [-0.4, -0.2) is 33.5 Å². The summed E-state index contributed by atoms with van der Waals surface area (Å²) in [6.07, 6.45) is 1.19. The van der Waals surface area contributed by atoms with Crippen LogP contribution in [0.1, 0.15) is 12.5 Å². The van der Waals surface area contributed by atoms with E-state index in [1.807, 2.05) is 0 Å². The van der Waals surface area contributed by atoms with Crippen molar-refractivity contribution in [3.8, 4) is 0 Å². The molecule has 0 bridgehead atoms. The van der Waals surface area contributed by atoms with Crippen LogP contribution in [0.3, 0.4) is 0 Å². The molecule has 116 valence electrons. The molecule has 22 heavy (non-hydrogen) atoms. The van der Waals surface area contributed by atoms with Gasteiger partial charge in [-0.25, -0.2) is 9.18 Å². The number of carbonyl (C=O) groups excluding carboxylic acids is 2. The van der Waals surface area contributed by atoms with Crippen molar-refractivity contribution in [1.29, 1.82) is 0 Å². The number of halogens is 1. The van der Waals surface area contributed by atoms with Crippen LogP contribution >= 0.6 is 0 Å². The minimum Gasteiger partial charge on any atom is -0.465 e. The number of ether oxygens (including phenoxy) is 1. The fourth-order valence-electron chi connectivity index (χ4n) is 1.75. The number of nitrogens with zero attached hydrogens (tertiary/aromatic N) is 3. The third-order valence-electron chi connectivity index (χ3n) is 2.69. The maximum absolute atomic E-state index is 13.4. The lowest BCUT2D eigenvalue weighted by Crippen LogP contribution is -2.17. The van der Waals surface area contributed by atoms with Crippen molar-refractivity contribution in [1.82, 2.24) is 15.0 Å². The van der Waals surface area contributed by atoms with Crippen LogP contribution in [0.25, 0.3) is 0 Å². The second-order valence-corrected chi connectivity index (χ2v) is 4.38. The van der Waals surface area contributed by atoms with Gasteiger partial charge in [0.05, 0.1) is 19.2 Å². The van der Waals surface area contributed by atoms with E-state index in [1.165, 1.54) is 18.3 Å². The van der Waals surface area contributed by atoms with Crippen molar-refractivity contribution >= 4 is 17.7 Å². The maximum atomic E-state index is 13.4. The minimum atomic E-state index is -0.470. The number of amides is 1. The number of anilines is 1. The van der Waals surface area contributed by atoms with E-state index < -0.39 is 17.7 Å². The Morgan fingerprint density at radius 3 is 2.86 bits per heavy atom. The molecular formula is C14H15FN4O3. The van der Waals surface area contributed by atoms with Gasteiger partial charge in [0.15, 0.2) is 12.4 Å². The third kappa shape index (κ3) is 4.37. The maximum Gasteiger partial charge on any atom is 0.329 e. The Labute approximate surface area is 126 Å². The molecule has 7 nitrogen and oxygen atoms in total. The molecule has 0 unspecified atom stereocenters. The zero-order chi connectivity index (χ0) is 15.9. The number of carbonyl (C=O) groups is 2. The summed E-state index contributed by atoms with van der Waals surface area (Å²) in [5, 5.41) is 10.2. The van der Waals surface area contributed by atoms with Crippen LogP contribution in [0.2, 0.25) is 0 Å². The highest BCUT2D eigenvalue weighted by atomic mass is 19.1. The Morgan fingerprint density at radius 2 is 2.14 bits per heavy atom. The van der Waals surface area contributed by atoms with Gasteiger partial charge in [-0.1, -0.05) is 18.2 Å². The summed E-state index contributed by atoms with van der Waals surface area (Å²) in [5.74, 6) is -1.15. The fraction of sp³-hybridized carbons (Fsp3) is 0.286. The molecule has 0 atom stereocenters. The number of benzene rings is 1. The van der Waals surface area contributed by atoms with Crippen molar-refractivity contribution in [3.05, 3.63) is 41.8 Å². The van der Waals surface area contributed by atoms with Gasteiger partial charge in [-0.3, -0.25) is 4.79 Å². The SMILES string of the molecule is CCOC(=O)Cn1ncc(NC(=O)Cc2ccccc2F)n1. The molecule has 1 aromatic carbocycles. The van der Waals surface area contributed by atoms with Gasteiger partial charge in [-0.05, 0) is 18.6 Å². The molecule has 0 aliphatic carbocycles. The second-order valence-electron chi connectivity index (χ2n) is 4.38. The first-order valence-corrected chi connectivity index (χ1v) is 6.67. The third-order valence-corrected chi connectivity index (χ3v) is 2.69. The standard InChI is InChI=1S/C14H15FN4O3/c1-2-22-14(21)9-19-16-8-12(18-19)17-13(20)7-10-5-3-4-6-11(10)15/h3-6,8H,2,7,9H2,1H3,(H,17,18,20). The molecule has 1 N–H and O–H groups in total. The van der Waals surface area contributed by atoms with Crippen LogP contribution in [0.4, 0.5) is 10.2 Å². The first-order valence-electron chi connectivity index (χ1n) is 6.67. The van der Waals surface area contributed by atoms with Gasteiger partial charge in [0, 0.05) is 0 Å². The van der Waals surface area contributed by atoms with Crippen LogP contribution in [0.15, 0.2) is 30.5 Å². The van der Waals surface area contributed by atoms with Gasteiger partial charge >= 0.3 is 5.97 Å². The van der Waals surface area contributed by atoms with E-state index in [2.05, 4.69) is 15.5 Å². The monoisotopic (exact) mass is 306 g/mol. The van der Waals surface area contributed by atoms with E-state index in [0.29, 0.717) is 5.56 Å². The number of nitrogens with one attached hydrogen (secondary N) is 1. The molecule has 0 spiro atoms. The van der Waals surface area contributed by atoms with E-state index in [9.17, 15) is 14.0 Å². The molecule has 1 aromatic heterocycles. The summed E-state index contributed by atoms with van der Waals surface area (Å²) >= 11 is 0. The Kier molecular flexibility index (Phi) is 5.18. The van der Waals surface area contributed by atoms with E-state index in [-0.39, 0.29) is 25.4 Å². The Morgan fingerprint density at radius 1 is 1.36 bits per heavy atom. The van der Waals surface area contributed by atoms with Crippen molar-refractivity contribution in [3.63, 3.8) is 0 Å². The number of esters is 1. The molecule has 1 amide bonds. The molecule has 0 radical (unpaired) electrons. The van der Waals surface area contributed by atoms with E-state index >= 15 is 0 Å². The first kappa shape index (κ1) is 15.6. The highest BCUT2D eigenvalue weighted by molar-refractivity contribution is 5.91. The summed E-state index contributed by atoms with van der Waals surface area (Å²) in [7, 11) is 0. The summed E-state index contributed by atoms with van der Waals surface area (Å²) in [6, 6.07) is 6.03. The van der Waals surface area contributed by atoms with Crippen molar-refractivity contribution in [2.45, 2.75) is 19.9 Å². The summed E-state index contributed by atoms with van der Waals surface area (Å²) in [5.41, 5.74) is 0.291. The van der Waals surface area contributed by atoms with Crippen LogP contribution in [-0.2, 0) is 27.3 Å². The Balaban J connectivity index is 1.91. The zero-order valence-electron chi connectivity index (χ0n) is 12.0. The average Bonchev–Trinajstić information content (AvgIpc) is 2.88. The van der Waals surface area contributed by atoms with Gasteiger partial charge in [0.1, 0.15) is 5.82 Å². The average molecular weight is 306 g/mol. The molecule has 1 heterocycles. The van der Waals surface area contributed by atoms with E-state index in [4.69, 9.17) is 4.74 Å². The van der Waals surface area contributed by atoms with Gasteiger partial charge < -0.3 is 10.1 Å². The number of aromatic nitrogens is 3. The smallest absolute Gasteiger partial charge is 0.329 e. The molecular weight excluding hydrogens is 291 g/mol. The molecule has 0 aliphatic heterocycles. The van der Waals surface area contributed by atoms with Crippen molar-refractivity contribution < 1.29 is 18.7 Å². The lowest BCUT2D eigenvalue weighted by Gasteiger charge is -2.03. The highest BCUT2D eigenvalue weighted by Crippen LogP contribution is 2.08. The molecule has 0 saturated heterocycles. The lowest BCUT2D eigenvalue weighted by molar-refractivity contribution is -0.144. The predicted molar refractivity (Wildman–Crippen MR) is 75.4 cm³/mol. The topological polar surface area (TPSA) is 86.1 Å². The van der Waals surface area contributed by atoms with Gasteiger partial charge in [-0.2, -0.15) is 9.90 Å². The highest BCUT2D eigenvalue weighted by Gasteiger charge is 2.11. The number of hydrogen-bond donors (Lipinski definition) is 1. The summed E-state index contributed by atoms with van der Waals surface area (Å²) < 4.78 is 18.2. The van der Waals surface area contributed by atoms with Gasteiger partial charge in [-0.15, -0.1) is 5.10 Å². The Bertz CT molecular complexity index is 672. The van der Waals surface area contributed by atoms with Crippen LogP contribution < -0.4 is 5.32 Å². The molecule has 0 aliphatic rings. The molecule has 8 heteroatoms. The van der Waals surface area contributed by atoms with Gasteiger partial charge in [0.2, 0.25) is 5.91 Å². The lowest BCUT2D eigenvalue weighted by atomic mass is 10.1. The largest absolute Gasteiger partial charge is 0.465 e. The van der Waals surface area contributed by atoms with E-state index in [0.717, 1.165) is 4.80 Å². The van der Waals surface area contributed by atoms with Crippen molar-refractivity contribution in [2.24, 2.45) is 0 Å². The molecule has 2 rings (SSSR count). The molecule has 2 aromatic rings. The number of rotatable bonds is 6. The molecule has 0 saturated carbocycles.